The molecule has 2 N–H and O–H groups in total. The van der Waals surface area contributed by atoms with E-state index in [1.165, 1.54) is 0 Å². The molecule has 0 aliphatic rings. The van der Waals surface area contributed by atoms with Crippen LogP contribution in [0.15, 0.2) is 24.3 Å². The summed E-state index contributed by atoms with van der Waals surface area (Å²) in [5, 5.41) is 2.68. The van der Waals surface area contributed by atoms with Gasteiger partial charge in [-0.25, -0.2) is 17.9 Å². The predicted octanol–water partition coefficient (Wildman–Crippen LogP) is 3.69. The maximum Gasteiger partial charge on any atom is 0.412 e. The number of amides is 1. The second-order valence-electron chi connectivity index (χ2n) is 6.99. The van der Waals surface area contributed by atoms with Crippen LogP contribution in [0.25, 0.3) is 0 Å². The lowest BCUT2D eigenvalue weighted by Gasteiger charge is -2.19. The maximum atomic E-state index is 11.7. The molecular weight excluding hydrogens is 340 g/mol. The number of sulfonamides is 1. The highest BCUT2D eigenvalue weighted by Crippen LogP contribution is 2.13. The van der Waals surface area contributed by atoms with E-state index in [1.54, 1.807) is 0 Å². The Balaban J connectivity index is 2.36. The van der Waals surface area contributed by atoms with E-state index in [2.05, 4.69) is 10.0 Å². The average Bonchev–Trinajstić information content (AvgIpc) is 2.49. The molecule has 0 aromatic heterocycles. The van der Waals surface area contributed by atoms with Crippen molar-refractivity contribution < 1.29 is 17.9 Å². The summed E-state index contributed by atoms with van der Waals surface area (Å²) >= 11 is 0. The lowest BCUT2D eigenvalue weighted by molar-refractivity contribution is 0.0636. The third kappa shape index (κ3) is 10.1. The zero-order valence-corrected chi connectivity index (χ0v) is 16.4. The van der Waals surface area contributed by atoms with Crippen molar-refractivity contribution in [3.05, 3.63) is 29.8 Å². The van der Waals surface area contributed by atoms with E-state index in [4.69, 9.17) is 4.74 Å². The first-order chi connectivity index (χ1) is 11.6. The number of anilines is 1. The second-order valence-corrected chi connectivity index (χ2v) is 8.92. The fourth-order valence-corrected chi connectivity index (χ4v) is 3.37. The molecule has 0 saturated carbocycles. The van der Waals surface area contributed by atoms with Gasteiger partial charge in [0, 0.05) is 12.2 Å². The lowest BCUT2D eigenvalue weighted by atomic mass is 10.1. The summed E-state index contributed by atoms with van der Waals surface area (Å²) in [6, 6.07) is 7.45. The molecule has 1 amide bonds. The molecule has 0 bridgehead atoms. The summed E-state index contributed by atoms with van der Waals surface area (Å²) in [5.41, 5.74) is 1.22. The SMILES string of the molecule is CCCCS(=O)(=O)NCCCc1ccc(NC(=O)OC(C)(C)C)cc1. The van der Waals surface area contributed by atoms with Crippen molar-refractivity contribution in [1.29, 1.82) is 0 Å². The van der Waals surface area contributed by atoms with Crippen molar-refractivity contribution in [2.24, 2.45) is 0 Å². The Kier molecular flexibility index (Phi) is 8.38. The first-order valence-corrected chi connectivity index (χ1v) is 10.3. The summed E-state index contributed by atoms with van der Waals surface area (Å²) in [6.45, 7) is 7.84. The number of ether oxygens (including phenoxy) is 1. The Morgan fingerprint density at radius 3 is 2.32 bits per heavy atom. The Labute approximate surface area is 151 Å². The molecule has 142 valence electrons. The van der Waals surface area contributed by atoms with Gasteiger partial charge in [0.15, 0.2) is 0 Å². The van der Waals surface area contributed by atoms with E-state index in [0.717, 1.165) is 24.8 Å². The normalized spacial score (nSPS) is 12.0. The first kappa shape index (κ1) is 21.4. The van der Waals surface area contributed by atoms with Crippen LogP contribution in [-0.4, -0.2) is 32.4 Å². The van der Waals surface area contributed by atoms with Gasteiger partial charge in [-0.05, 0) is 57.7 Å². The van der Waals surface area contributed by atoms with E-state index in [-0.39, 0.29) is 5.75 Å². The largest absolute Gasteiger partial charge is 0.444 e. The fraction of sp³-hybridized carbons (Fsp3) is 0.611. The monoisotopic (exact) mass is 370 g/mol. The number of unbranched alkanes of at least 4 members (excludes halogenated alkanes) is 1. The molecule has 1 aromatic rings. The highest BCUT2D eigenvalue weighted by atomic mass is 32.2. The number of carbonyl (C=O) groups excluding carboxylic acids is 1. The predicted molar refractivity (Wildman–Crippen MR) is 101 cm³/mol. The number of aryl methyl sites for hydroxylation is 1. The van der Waals surface area contributed by atoms with E-state index in [0.29, 0.717) is 18.7 Å². The van der Waals surface area contributed by atoms with Crippen LogP contribution in [0.1, 0.15) is 52.5 Å². The minimum absolute atomic E-state index is 0.189. The van der Waals surface area contributed by atoms with Crippen LogP contribution in [0.5, 0.6) is 0 Å². The number of benzene rings is 1. The minimum Gasteiger partial charge on any atom is -0.444 e. The van der Waals surface area contributed by atoms with Crippen LogP contribution in [-0.2, 0) is 21.2 Å². The fourth-order valence-electron chi connectivity index (χ4n) is 2.10. The summed E-state index contributed by atoms with van der Waals surface area (Å²) in [4.78, 5) is 11.7. The molecule has 25 heavy (non-hydrogen) atoms. The van der Waals surface area contributed by atoms with Gasteiger partial charge in [0.1, 0.15) is 5.60 Å². The maximum absolute atomic E-state index is 11.7. The van der Waals surface area contributed by atoms with Crippen molar-refractivity contribution in [3.63, 3.8) is 0 Å². The van der Waals surface area contributed by atoms with Gasteiger partial charge in [0.05, 0.1) is 5.75 Å². The topological polar surface area (TPSA) is 84.5 Å². The summed E-state index contributed by atoms with van der Waals surface area (Å²) in [5.74, 6) is 0.189. The van der Waals surface area contributed by atoms with Gasteiger partial charge in [0.25, 0.3) is 0 Å². The van der Waals surface area contributed by atoms with Gasteiger partial charge < -0.3 is 4.74 Å². The zero-order valence-electron chi connectivity index (χ0n) is 15.6. The Hall–Kier alpha value is -1.60. The molecule has 1 rings (SSSR count). The van der Waals surface area contributed by atoms with Gasteiger partial charge in [0.2, 0.25) is 10.0 Å². The van der Waals surface area contributed by atoms with E-state index >= 15 is 0 Å². The van der Waals surface area contributed by atoms with Crippen molar-refractivity contribution in [3.8, 4) is 0 Å². The molecule has 0 saturated heterocycles. The number of hydrogen-bond acceptors (Lipinski definition) is 4. The highest BCUT2D eigenvalue weighted by Gasteiger charge is 2.16. The molecule has 7 heteroatoms. The van der Waals surface area contributed by atoms with Crippen LogP contribution in [0.2, 0.25) is 0 Å². The zero-order chi connectivity index (χ0) is 18.9. The summed E-state index contributed by atoms with van der Waals surface area (Å²) in [6.07, 6.45) is 2.56. The molecule has 0 spiro atoms. The Morgan fingerprint density at radius 1 is 1.12 bits per heavy atom. The van der Waals surface area contributed by atoms with Crippen molar-refractivity contribution in [2.45, 2.75) is 59.0 Å². The number of hydrogen-bond donors (Lipinski definition) is 2. The molecule has 0 atom stereocenters. The van der Waals surface area contributed by atoms with E-state index < -0.39 is 21.7 Å². The van der Waals surface area contributed by atoms with Crippen LogP contribution >= 0.6 is 0 Å². The van der Waals surface area contributed by atoms with Crippen LogP contribution in [0.4, 0.5) is 10.5 Å². The number of carbonyl (C=O) groups is 1. The van der Waals surface area contributed by atoms with Gasteiger partial charge in [-0.3, -0.25) is 5.32 Å². The van der Waals surface area contributed by atoms with Crippen LogP contribution < -0.4 is 10.0 Å². The van der Waals surface area contributed by atoms with E-state index in [9.17, 15) is 13.2 Å². The summed E-state index contributed by atoms with van der Waals surface area (Å²) in [7, 11) is -3.14. The quantitative estimate of drug-likeness (QED) is 0.649. The first-order valence-electron chi connectivity index (χ1n) is 8.67. The van der Waals surface area contributed by atoms with E-state index in [1.807, 2.05) is 52.0 Å². The highest BCUT2D eigenvalue weighted by molar-refractivity contribution is 7.89. The van der Waals surface area contributed by atoms with Gasteiger partial charge in [-0.1, -0.05) is 25.5 Å². The smallest absolute Gasteiger partial charge is 0.412 e. The number of rotatable bonds is 9. The van der Waals surface area contributed by atoms with Crippen LogP contribution in [0, 0.1) is 0 Å². The standard InChI is InChI=1S/C18H30N2O4S/c1-5-6-14-25(22,23)19-13-7-8-15-9-11-16(12-10-15)20-17(21)24-18(2,3)4/h9-12,19H,5-8,13-14H2,1-4H3,(H,20,21). The molecule has 0 radical (unpaired) electrons. The molecular formula is C18H30N2O4S. The molecule has 0 unspecified atom stereocenters. The lowest BCUT2D eigenvalue weighted by Crippen LogP contribution is -2.27. The molecule has 1 aromatic carbocycles. The third-order valence-corrected chi connectivity index (χ3v) is 4.80. The minimum atomic E-state index is -3.14. The van der Waals surface area contributed by atoms with Crippen molar-refractivity contribution in [1.82, 2.24) is 4.72 Å². The third-order valence-electron chi connectivity index (χ3n) is 3.33. The Bertz CT molecular complexity index is 634. The van der Waals surface area contributed by atoms with Crippen LogP contribution in [0.3, 0.4) is 0 Å². The Morgan fingerprint density at radius 2 is 1.76 bits per heavy atom. The molecule has 0 aliphatic carbocycles. The van der Waals surface area contributed by atoms with Crippen molar-refractivity contribution >= 4 is 21.8 Å². The average molecular weight is 371 g/mol. The second kappa shape index (κ2) is 9.77. The molecule has 0 fully saturated rings. The van der Waals surface area contributed by atoms with Crippen molar-refractivity contribution in [2.75, 3.05) is 17.6 Å². The summed E-state index contributed by atoms with van der Waals surface area (Å²) < 4.78 is 31.2. The van der Waals surface area contributed by atoms with Gasteiger partial charge in [-0.2, -0.15) is 0 Å². The van der Waals surface area contributed by atoms with Gasteiger partial charge in [-0.15, -0.1) is 0 Å². The molecule has 0 heterocycles. The van der Waals surface area contributed by atoms with Gasteiger partial charge >= 0.3 is 6.09 Å². The number of nitrogens with one attached hydrogen (secondary N) is 2. The molecule has 0 aliphatic heterocycles. The molecule has 6 nitrogen and oxygen atoms in total.